The van der Waals surface area contributed by atoms with Crippen molar-refractivity contribution >= 4 is 11.6 Å². The Morgan fingerprint density at radius 2 is 1.60 bits per heavy atom. The fourth-order valence-electron chi connectivity index (χ4n) is 2.80. The second kappa shape index (κ2) is 5.44. The first-order chi connectivity index (χ1) is 9.66. The van der Waals surface area contributed by atoms with Crippen molar-refractivity contribution in [3.8, 4) is 5.75 Å². The fraction of sp³-hybridized carbons (Fsp3) is 0.250. The van der Waals surface area contributed by atoms with Crippen molar-refractivity contribution in [2.24, 2.45) is 5.92 Å². The molecule has 0 bridgehead atoms. The number of benzene rings is 2. The number of rotatable bonds is 2. The van der Waals surface area contributed by atoms with Gasteiger partial charge in [0.15, 0.2) is 0 Å². The lowest BCUT2D eigenvalue weighted by molar-refractivity contribution is 0.425. The number of para-hydroxylation sites is 1. The van der Waals surface area contributed by atoms with Crippen LogP contribution in [0.4, 0.5) is 0 Å². The maximum Gasteiger partial charge on any atom is 0.120 e. The molecule has 2 aromatic rings. The predicted molar refractivity (Wildman–Crippen MR) is 80.5 cm³/mol. The summed E-state index contributed by atoms with van der Waals surface area (Å²) in [5.41, 5.74) is 8.71. The van der Waals surface area contributed by atoms with Gasteiger partial charge in [-0.2, -0.15) is 0 Å². The van der Waals surface area contributed by atoms with Crippen LogP contribution in [0.25, 0.3) is 0 Å². The summed E-state index contributed by atoms with van der Waals surface area (Å²) in [4.78, 5) is 0. The third-order valence-electron chi connectivity index (χ3n) is 3.95. The van der Waals surface area contributed by atoms with Crippen LogP contribution in [0, 0.1) is 5.92 Å². The molecule has 3 nitrogen and oxygen atoms in total. The zero-order chi connectivity index (χ0) is 14.1. The van der Waals surface area contributed by atoms with Gasteiger partial charge in [0.2, 0.25) is 0 Å². The highest BCUT2D eigenvalue weighted by Crippen LogP contribution is 2.39. The average Bonchev–Trinajstić information content (AvgIpc) is 2.82. The van der Waals surface area contributed by atoms with E-state index >= 15 is 0 Å². The highest BCUT2D eigenvalue weighted by atomic mass is 35.5. The van der Waals surface area contributed by atoms with Gasteiger partial charge < -0.3 is 5.11 Å². The maximum absolute atomic E-state index is 10.00. The smallest absolute Gasteiger partial charge is 0.120 e. The molecule has 2 aromatic carbocycles. The summed E-state index contributed by atoms with van der Waals surface area (Å²) in [6.07, 6.45) is 0. The van der Waals surface area contributed by atoms with E-state index in [9.17, 15) is 5.11 Å². The number of nitrogens with one attached hydrogen (secondary N) is 2. The summed E-state index contributed by atoms with van der Waals surface area (Å²) in [6, 6.07) is 15.6. The van der Waals surface area contributed by atoms with E-state index in [1.54, 1.807) is 6.07 Å². The number of hydrogen-bond donors (Lipinski definition) is 3. The zero-order valence-electron chi connectivity index (χ0n) is 11.2. The van der Waals surface area contributed by atoms with Gasteiger partial charge in [-0.3, -0.25) is 0 Å². The topological polar surface area (TPSA) is 44.3 Å². The molecule has 0 radical (unpaired) electrons. The predicted octanol–water partition coefficient (Wildman–Crippen LogP) is 3.57. The molecule has 0 amide bonds. The van der Waals surface area contributed by atoms with Crippen LogP contribution in [0.15, 0.2) is 48.5 Å². The second-order valence-electron chi connectivity index (χ2n) is 5.21. The second-order valence-corrected chi connectivity index (χ2v) is 5.65. The maximum atomic E-state index is 10.00. The molecule has 3 unspecified atom stereocenters. The quantitative estimate of drug-likeness (QED) is 0.791. The third-order valence-corrected chi connectivity index (χ3v) is 4.20. The third kappa shape index (κ3) is 2.40. The minimum absolute atomic E-state index is 0.0804. The van der Waals surface area contributed by atoms with Gasteiger partial charge in [-0.05, 0) is 29.7 Å². The molecule has 0 spiro atoms. The summed E-state index contributed by atoms with van der Waals surface area (Å²) in [5.74, 6) is 0.639. The van der Waals surface area contributed by atoms with E-state index in [1.165, 1.54) is 5.56 Å². The van der Waals surface area contributed by atoms with Crippen LogP contribution in [-0.4, -0.2) is 5.11 Å². The van der Waals surface area contributed by atoms with E-state index in [0.29, 0.717) is 11.7 Å². The van der Waals surface area contributed by atoms with Gasteiger partial charge in [-0.15, -0.1) is 0 Å². The van der Waals surface area contributed by atoms with E-state index in [1.807, 2.05) is 42.5 Å². The van der Waals surface area contributed by atoms with Gasteiger partial charge in [-0.25, -0.2) is 10.9 Å². The lowest BCUT2D eigenvalue weighted by Gasteiger charge is -2.19. The molecular formula is C16H17ClN2O. The molecule has 0 aliphatic carbocycles. The van der Waals surface area contributed by atoms with Crippen LogP contribution in [-0.2, 0) is 0 Å². The molecule has 1 heterocycles. The standard InChI is InChI=1S/C16H17ClN2O/c1-10-15(11-6-8-12(17)9-7-11)18-19-16(10)13-4-2-3-5-14(13)20/h2-10,15-16,18-20H,1H3. The van der Waals surface area contributed by atoms with E-state index < -0.39 is 0 Å². The van der Waals surface area contributed by atoms with Gasteiger partial charge in [0, 0.05) is 10.6 Å². The molecule has 20 heavy (non-hydrogen) atoms. The number of aromatic hydroxyl groups is 1. The van der Waals surface area contributed by atoms with Crippen molar-refractivity contribution in [1.82, 2.24) is 10.9 Å². The van der Waals surface area contributed by atoms with Crippen LogP contribution >= 0.6 is 11.6 Å². The molecule has 0 aromatic heterocycles. The first-order valence-corrected chi connectivity index (χ1v) is 7.09. The molecule has 3 rings (SSSR count). The van der Waals surface area contributed by atoms with E-state index in [2.05, 4.69) is 17.8 Å². The molecule has 1 aliphatic heterocycles. The lowest BCUT2D eigenvalue weighted by Crippen LogP contribution is -2.26. The number of phenols is 1. The van der Waals surface area contributed by atoms with Crippen molar-refractivity contribution in [1.29, 1.82) is 0 Å². The Kier molecular flexibility index (Phi) is 3.66. The van der Waals surface area contributed by atoms with Gasteiger partial charge in [0.25, 0.3) is 0 Å². The number of phenolic OH excluding ortho intramolecular Hbond substituents is 1. The van der Waals surface area contributed by atoms with E-state index in [0.717, 1.165) is 10.6 Å². The monoisotopic (exact) mass is 288 g/mol. The van der Waals surface area contributed by atoms with E-state index in [4.69, 9.17) is 11.6 Å². The average molecular weight is 289 g/mol. The van der Waals surface area contributed by atoms with Crippen LogP contribution in [0.3, 0.4) is 0 Å². The van der Waals surface area contributed by atoms with Gasteiger partial charge in [0.05, 0.1) is 12.1 Å². The van der Waals surface area contributed by atoms with Crippen LogP contribution in [0.5, 0.6) is 5.75 Å². The number of hydrogen-bond acceptors (Lipinski definition) is 3. The molecule has 1 fully saturated rings. The molecule has 1 aliphatic rings. The Morgan fingerprint density at radius 1 is 0.950 bits per heavy atom. The normalized spacial score (nSPS) is 25.8. The summed E-state index contributed by atoms with van der Waals surface area (Å²) in [7, 11) is 0. The fourth-order valence-corrected chi connectivity index (χ4v) is 2.93. The van der Waals surface area contributed by atoms with Crippen molar-refractivity contribution in [3.05, 3.63) is 64.7 Å². The molecular weight excluding hydrogens is 272 g/mol. The van der Waals surface area contributed by atoms with E-state index in [-0.39, 0.29) is 12.1 Å². The minimum Gasteiger partial charge on any atom is -0.508 e. The Balaban J connectivity index is 1.86. The largest absolute Gasteiger partial charge is 0.508 e. The van der Waals surface area contributed by atoms with Crippen LogP contribution in [0.2, 0.25) is 5.02 Å². The first-order valence-electron chi connectivity index (χ1n) is 6.71. The molecule has 1 saturated heterocycles. The Labute approximate surface area is 123 Å². The Morgan fingerprint density at radius 3 is 2.30 bits per heavy atom. The Hall–Kier alpha value is -1.55. The molecule has 3 N–H and O–H groups in total. The lowest BCUT2D eigenvalue weighted by atomic mass is 9.87. The highest BCUT2D eigenvalue weighted by molar-refractivity contribution is 6.30. The summed E-state index contributed by atoms with van der Waals surface area (Å²) >= 11 is 5.93. The van der Waals surface area contributed by atoms with Crippen molar-refractivity contribution in [2.75, 3.05) is 0 Å². The van der Waals surface area contributed by atoms with Crippen molar-refractivity contribution < 1.29 is 5.11 Å². The van der Waals surface area contributed by atoms with Crippen molar-refractivity contribution in [3.63, 3.8) is 0 Å². The van der Waals surface area contributed by atoms with Gasteiger partial charge in [-0.1, -0.05) is 48.9 Å². The summed E-state index contributed by atoms with van der Waals surface area (Å²) in [5, 5.41) is 10.7. The summed E-state index contributed by atoms with van der Waals surface area (Å²) < 4.78 is 0. The zero-order valence-corrected chi connectivity index (χ0v) is 11.9. The summed E-state index contributed by atoms with van der Waals surface area (Å²) in [6.45, 7) is 2.17. The Bertz CT molecular complexity index is 600. The van der Waals surface area contributed by atoms with Gasteiger partial charge >= 0.3 is 0 Å². The van der Waals surface area contributed by atoms with Crippen molar-refractivity contribution in [2.45, 2.75) is 19.0 Å². The molecule has 0 saturated carbocycles. The first kappa shape index (κ1) is 13.4. The SMILES string of the molecule is CC1C(c2ccc(Cl)cc2)NNC1c1ccccc1O. The molecule has 3 atom stereocenters. The number of halogens is 1. The highest BCUT2D eigenvalue weighted by Gasteiger charge is 2.35. The number of hydrazine groups is 1. The molecule has 4 heteroatoms. The van der Waals surface area contributed by atoms with Crippen LogP contribution < -0.4 is 10.9 Å². The van der Waals surface area contributed by atoms with Crippen LogP contribution in [0.1, 0.15) is 30.1 Å². The molecule has 104 valence electrons. The van der Waals surface area contributed by atoms with Gasteiger partial charge in [0.1, 0.15) is 5.75 Å². The minimum atomic E-state index is 0.0804.